The Morgan fingerprint density at radius 2 is 1.72 bits per heavy atom. The molecule has 0 N–H and O–H groups in total. The topological polar surface area (TPSA) is 75.6 Å². The molecule has 2 aromatic carbocycles. The van der Waals surface area contributed by atoms with E-state index in [1.54, 1.807) is 24.3 Å². The molecule has 0 aromatic heterocycles. The predicted octanol–water partition coefficient (Wildman–Crippen LogP) is 3.66. The quantitative estimate of drug-likeness (QED) is 0.517. The number of carbonyl (C=O) groups excluding carboxylic acids is 1. The lowest BCUT2D eigenvalue weighted by atomic mass is 10.1. The second kappa shape index (κ2) is 8.59. The number of ether oxygens (including phenoxy) is 5. The molecule has 0 unspecified atom stereocenters. The lowest BCUT2D eigenvalue weighted by Gasteiger charge is -2.12. The Labute approximate surface area is 165 Å². The third kappa shape index (κ3) is 4.45. The minimum atomic E-state index is -3.07. The number of halogens is 2. The van der Waals surface area contributed by atoms with Crippen molar-refractivity contribution in [1.82, 2.24) is 0 Å². The average Bonchev–Trinajstić information content (AvgIpc) is 3.08. The number of aliphatic imine (C=N–C) groups is 1. The van der Waals surface area contributed by atoms with Crippen molar-refractivity contribution in [3.05, 3.63) is 53.2 Å². The Kier molecular flexibility index (Phi) is 5.96. The average molecular weight is 405 g/mol. The van der Waals surface area contributed by atoms with Crippen molar-refractivity contribution in [2.45, 2.75) is 6.61 Å². The Morgan fingerprint density at radius 3 is 2.31 bits per heavy atom. The number of alkyl halides is 2. The van der Waals surface area contributed by atoms with Gasteiger partial charge in [0.2, 0.25) is 5.90 Å². The largest absolute Gasteiger partial charge is 0.497 e. The van der Waals surface area contributed by atoms with Crippen LogP contribution in [0.3, 0.4) is 0 Å². The van der Waals surface area contributed by atoms with Crippen LogP contribution in [0.2, 0.25) is 0 Å². The van der Waals surface area contributed by atoms with Crippen molar-refractivity contribution >= 4 is 17.9 Å². The van der Waals surface area contributed by atoms with Gasteiger partial charge in [-0.3, -0.25) is 0 Å². The summed E-state index contributed by atoms with van der Waals surface area (Å²) in [7, 11) is 4.29. The molecule has 1 aliphatic rings. The van der Waals surface area contributed by atoms with Crippen LogP contribution in [0.1, 0.15) is 11.1 Å². The van der Waals surface area contributed by atoms with Crippen molar-refractivity contribution in [3.63, 3.8) is 0 Å². The van der Waals surface area contributed by atoms with Crippen LogP contribution < -0.4 is 18.9 Å². The zero-order valence-electron chi connectivity index (χ0n) is 15.8. The molecule has 2 aromatic rings. The molecule has 0 amide bonds. The molecule has 0 spiro atoms. The summed E-state index contributed by atoms with van der Waals surface area (Å²) in [4.78, 5) is 16.4. The van der Waals surface area contributed by atoms with Crippen molar-refractivity contribution in [2.75, 3.05) is 21.3 Å². The Balaban J connectivity index is 2.02. The number of methoxy groups -OCH3 is 3. The molecular weight excluding hydrogens is 388 g/mol. The van der Waals surface area contributed by atoms with Gasteiger partial charge in [0.1, 0.15) is 11.5 Å². The Bertz CT molecular complexity index is 965. The molecule has 152 valence electrons. The van der Waals surface area contributed by atoms with E-state index < -0.39 is 12.6 Å². The summed E-state index contributed by atoms with van der Waals surface area (Å²) in [6.07, 6.45) is 1.28. The molecule has 0 saturated carbocycles. The summed E-state index contributed by atoms with van der Waals surface area (Å²) >= 11 is 0. The highest BCUT2D eigenvalue weighted by Crippen LogP contribution is 2.35. The van der Waals surface area contributed by atoms with E-state index >= 15 is 0 Å². The number of benzene rings is 2. The van der Waals surface area contributed by atoms with E-state index in [9.17, 15) is 13.6 Å². The van der Waals surface area contributed by atoms with Crippen LogP contribution in [-0.2, 0) is 9.53 Å². The first-order chi connectivity index (χ1) is 13.9. The molecule has 0 aliphatic carbocycles. The monoisotopic (exact) mass is 405 g/mol. The summed E-state index contributed by atoms with van der Waals surface area (Å²) in [6, 6.07) is 9.42. The molecule has 29 heavy (non-hydrogen) atoms. The zero-order chi connectivity index (χ0) is 21.0. The number of hydrogen-bond acceptors (Lipinski definition) is 7. The van der Waals surface area contributed by atoms with E-state index in [0.717, 1.165) is 0 Å². The van der Waals surface area contributed by atoms with Crippen LogP contribution in [-0.4, -0.2) is 39.8 Å². The number of carbonyl (C=O) groups is 1. The van der Waals surface area contributed by atoms with Gasteiger partial charge in [-0.15, -0.1) is 0 Å². The lowest BCUT2D eigenvalue weighted by Crippen LogP contribution is -2.06. The highest BCUT2D eigenvalue weighted by Gasteiger charge is 2.26. The first-order valence-electron chi connectivity index (χ1n) is 8.33. The highest BCUT2D eigenvalue weighted by molar-refractivity contribution is 6.13. The van der Waals surface area contributed by atoms with Gasteiger partial charge in [0.05, 0.1) is 21.3 Å². The Morgan fingerprint density at radius 1 is 1.03 bits per heavy atom. The number of hydrogen-bond donors (Lipinski definition) is 0. The number of para-hydroxylation sites is 1. The lowest BCUT2D eigenvalue weighted by molar-refractivity contribution is -0.129. The number of cyclic esters (lactones) is 1. The maximum Gasteiger partial charge on any atom is 0.387 e. The summed E-state index contributed by atoms with van der Waals surface area (Å²) in [6.45, 7) is -3.07. The minimum absolute atomic E-state index is 0.0256. The molecule has 3 rings (SSSR count). The van der Waals surface area contributed by atoms with E-state index in [2.05, 4.69) is 9.73 Å². The standard InChI is InChI=1S/C20H17F2NO6/c1-25-13-7-12(8-14(10-13)26-2)18-23-15(19(24)29-18)9-11-5-4-6-16(27-3)17(11)28-20(21)22/h4-10,20H,1-3H3/b15-9-. The van der Waals surface area contributed by atoms with E-state index in [-0.39, 0.29) is 28.7 Å². The van der Waals surface area contributed by atoms with E-state index in [4.69, 9.17) is 18.9 Å². The van der Waals surface area contributed by atoms with E-state index in [1.807, 2.05) is 0 Å². The highest BCUT2D eigenvalue weighted by atomic mass is 19.3. The number of esters is 1. The van der Waals surface area contributed by atoms with Crippen LogP contribution in [0.5, 0.6) is 23.0 Å². The third-order valence-electron chi connectivity index (χ3n) is 3.95. The molecule has 9 heteroatoms. The van der Waals surface area contributed by atoms with E-state index in [0.29, 0.717) is 17.1 Å². The number of nitrogens with zero attached hydrogens (tertiary/aromatic N) is 1. The van der Waals surface area contributed by atoms with Crippen LogP contribution in [0.15, 0.2) is 47.1 Å². The second-order valence-corrected chi connectivity index (χ2v) is 5.69. The van der Waals surface area contributed by atoms with Gasteiger partial charge >= 0.3 is 12.6 Å². The van der Waals surface area contributed by atoms with Crippen LogP contribution in [0.4, 0.5) is 8.78 Å². The second-order valence-electron chi connectivity index (χ2n) is 5.69. The normalized spacial score (nSPS) is 14.6. The summed E-state index contributed by atoms with van der Waals surface area (Å²) in [5, 5.41) is 0. The Hall–Kier alpha value is -3.62. The van der Waals surface area contributed by atoms with Gasteiger partial charge in [-0.05, 0) is 24.3 Å². The predicted molar refractivity (Wildman–Crippen MR) is 99.8 cm³/mol. The molecule has 0 atom stereocenters. The van der Waals surface area contributed by atoms with Crippen LogP contribution >= 0.6 is 0 Å². The summed E-state index contributed by atoms with van der Waals surface area (Å²) in [5.41, 5.74) is 0.548. The zero-order valence-corrected chi connectivity index (χ0v) is 15.8. The third-order valence-corrected chi connectivity index (χ3v) is 3.95. The van der Waals surface area contributed by atoms with Gasteiger partial charge in [-0.1, -0.05) is 12.1 Å². The minimum Gasteiger partial charge on any atom is -0.497 e. The first kappa shape index (κ1) is 20.1. The van der Waals surface area contributed by atoms with Crippen molar-refractivity contribution in [1.29, 1.82) is 0 Å². The maximum atomic E-state index is 12.8. The summed E-state index contributed by atoms with van der Waals surface area (Å²) < 4.78 is 50.8. The van der Waals surface area contributed by atoms with Crippen LogP contribution in [0.25, 0.3) is 6.08 Å². The van der Waals surface area contributed by atoms with Gasteiger partial charge < -0.3 is 23.7 Å². The van der Waals surface area contributed by atoms with Gasteiger partial charge in [-0.2, -0.15) is 8.78 Å². The van der Waals surface area contributed by atoms with Crippen LogP contribution in [0, 0.1) is 0 Å². The van der Waals surface area contributed by atoms with Crippen molar-refractivity contribution < 1.29 is 37.3 Å². The SMILES string of the molecule is COc1cc(OC)cc(C2=N/C(=C\c3cccc(OC)c3OC(F)F)C(=O)O2)c1. The molecule has 0 bridgehead atoms. The molecular formula is C20H17F2NO6. The maximum absolute atomic E-state index is 12.8. The van der Waals surface area contributed by atoms with Gasteiger partial charge in [0, 0.05) is 17.2 Å². The molecule has 1 heterocycles. The molecule has 0 saturated heterocycles. The fourth-order valence-corrected chi connectivity index (χ4v) is 2.63. The molecule has 0 radical (unpaired) electrons. The summed E-state index contributed by atoms with van der Waals surface area (Å²) in [5.74, 6) is 0.127. The fourth-order valence-electron chi connectivity index (χ4n) is 2.63. The van der Waals surface area contributed by atoms with Gasteiger partial charge in [0.15, 0.2) is 17.2 Å². The molecule has 1 aliphatic heterocycles. The van der Waals surface area contributed by atoms with Crippen molar-refractivity contribution in [3.8, 4) is 23.0 Å². The van der Waals surface area contributed by atoms with Crippen molar-refractivity contribution in [2.24, 2.45) is 4.99 Å². The fraction of sp³-hybridized carbons (Fsp3) is 0.200. The van der Waals surface area contributed by atoms with E-state index in [1.165, 1.54) is 39.5 Å². The molecule has 7 nitrogen and oxygen atoms in total. The first-order valence-corrected chi connectivity index (χ1v) is 8.33. The smallest absolute Gasteiger partial charge is 0.387 e. The van der Waals surface area contributed by atoms with Gasteiger partial charge in [0.25, 0.3) is 0 Å². The molecule has 0 fully saturated rings. The number of rotatable bonds is 7. The van der Waals surface area contributed by atoms with Gasteiger partial charge in [-0.25, -0.2) is 9.79 Å².